The van der Waals surface area contributed by atoms with Gasteiger partial charge in [0.25, 0.3) is 0 Å². The van der Waals surface area contributed by atoms with E-state index in [0.717, 1.165) is 28.1 Å². The van der Waals surface area contributed by atoms with E-state index in [2.05, 4.69) is 29.8 Å². The Morgan fingerprint density at radius 2 is 2.21 bits per heavy atom. The van der Waals surface area contributed by atoms with Crippen LogP contribution in [-0.4, -0.2) is 6.10 Å². The van der Waals surface area contributed by atoms with Crippen LogP contribution in [-0.2, 0) is 5.33 Å². The van der Waals surface area contributed by atoms with Crippen LogP contribution in [0.5, 0.6) is 5.75 Å². The molecule has 0 heterocycles. The van der Waals surface area contributed by atoms with E-state index < -0.39 is 0 Å². The third-order valence-electron chi connectivity index (χ3n) is 2.11. The summed E-state index contributed by atoms with van der Waals surface area (Å²) in [5, 5.41) is 1.47. The predicted octanol–water partition coefficient (Wildman–Crippen LogP) is 4.41. The minimum absolute atomic E-state index is 0.228. The van der Waals surface area contributed by atoms with Gasteiger partial charge in [-0.2, -0.15) is 0 Å². The molecule has 1 rings (SSSR count). The maximum atomic E-state index is 6.05. The Kier molecular flexibility index (Phi) is 4.76. The van der Waals surface area contributed by atoms with E-state index in [1.165, 1.54) is 0 Å². The average molecular weight is 278 g/mol. The van der Waals surface area contributed by atoms with Crippen molar-refractivity contribution in [1.29, 1.82) is 0 Å². The van der Waals surface area contributed by atoms with Gasteiger partial charge in [0.15, 0.2) is 0 Å². The van der Waals surface area contributed by atoms with E-state index >= 15 is 0 Å². The Morgan fingerprint density at radius 1 is 1.50 bits per heavy atom. The number of rotatable bonds is 4. The molecule has 1 atom stereocenters. The maximum absolute atomic E-state index is 6.05. The fraction of sp³-hybridized carbons (Fsp3) is 0.455. The molecule has 0 aromatic heterocycles. The Hall–Kier alpha value is -0.210. The van der Waals surface area contributed by atoms with Crippen molar-refractivity contribution < 1.29 is 4.74 Å². The summed E-state index contributed by atoms with van der Waals surface area (Å²) >= 11 is 9.45. The monoisotopic (exact) mass is 276 g/mol. The van der Waals surface area contributed by atoms with Crippen LogP contribution < -0.4 is 4.74 Å². The minimum atomic E-state index is 0.228. The predicted molar refractivity (Wildman–Crippen MR) is 64.5 cm³/mol. The van der Waals surface area contributed by atoms with Crippen molar-refractivity contribution >= 4 is 27.5 Å². The lowest BCUT2D eigenvalue weighted by atomic mass is 10.2. The van der Waals surface area contributed by atoms with Crippen LogP contribution >= 0.6 is 27.5 Å². The van der Waals surface area contributed by atoms with Gasteiger partial charge in [-0.15, -0.1) is 0 Å². The molecular formula is C11H14BrClO. The van der Waals surface area contributed by atoms with Crippen molar-refractivity contribution in [3.63, 3.8) is 0 Å². The van der Waals surface area contributed by atoms with E-state index in [1.54, 1.807) is 0 Å². The summed E-state index contributed by atoms with van der Waals surface area (Å²) in [4.78, 5) is 0. The van der Waals surface area contributed by atoms with Crippen molar-refractivity contribution in [2.24, 2.45) is 0 Å². The lowest BCUT2D eigenvalue weighted by Gasteiger charge is -2.15. The first-order valence-corrected chi connectivity index (χ1v) is 6.19. The largest absolute Gasteiger partial charge is 0.490 e. The molecule has 0 N–H and O–H groups in total. The molecule has 1 nitrogen and oxygen atoms in total. The number of halogens is 2. The van der Waals surface area contributed by atoms with E-state index in [0.29, 0.717) is 0 Å². The maximum Gasteiger partial charge on any atom is 0.125 e. The van der Waals surface area contributed by atoms with Crippen molar-refractivity contribution in [1.82, 2.24) is 0 Å². The summed E-state index contributed by atoms with van der Waals surface area (Å²) in [6.07, 6.45) is 1.22. The zero-order valence-corrected chi connectivity index (χ0v) is 10.7. The van der Waals surface area contributed by atoms with Gasteiger partial charge in [-0.05, 0) is 25.5 Å². The van der Waals surface area contributed by atoms with E-state index in [-0.39, 0.29) is 6.10 Å². The van der Waals surface area contributed by atoms with Crippen molar-refractivity contribution in [2.75, 3.05) is 0 Å². The van der Waals surface area contributed by atoms with Gasteiger partial charge in [0, 0.05) is 15.9 Å². The van der Waals surface area contributed by atoms with Gasteiger partial charge in [-0.3, -0.25) is 0 Å². The SMILES string of the molecule is CCC(C)Oc1cccc(Cl)c1CBr. The van der Waals surface area contributed by atoms with Gasteiger partial charge in [0.2, 0.25) is 0 Å². The summed E-state index contributed by atoms with van der Waals surface area (Å²) in [5.41, 5.74) is 1.02. The van der Waals surface area contributed by atoms with E-state index in [1.807, 2.05) is 18.2 Å². The molecule has 0 amide bonds. The van der Waals surface area contributed by atoms with E-state index in [4.69, 9.17) is 16.3 Å². The second-order valence-corrected chi connectivity index (χ2v) is 4.15. The minimum Gasteiger partial charge on any atom is -0.490 e. The lowest BCUT2D eigenvalue weighted by Crippen LogP contribution is -2.10. The van der Waals surface area contributed by atoms with Crippen LogP contribution in [0.4, 0.5) is 0 Å². The van der Waals surface area contributed by atoms with Crippen LogP contribution in [0, 0.1) is 0 Å². The highest BCUT2D eigenvalue weighted by atomic mass is 79.9. The molecule has 0 spiro atoms. The van der Waals surface area contributed by atoms with Crippen molar-refractivity contribution in [3.05, 3.63) is 28.8 Å². The Bertz CT molecular complexity index is 301. The van der Waals surface area contributed by atoms with Gasteiger partial charge >= 0.3 is 0 Å². The van der Waals surface area contributed by atoms with Crippen molar-refractivity contribution in [3.8, 4) is 5.75 Å². The Labute approximate surface area is 98.5 Å². The summed E-state index contributed by atoms with van der Waals surface area (Å²) in [5.74, 6) is 0.878. The number of hydrogen-bond acceptors (Lipinski definition) is 1. The zero-order chi connectivity index (χ0) is 10.6. The molecule has 78 valence electrons. The Morgan fingerprint density at radius 3 is 2.79 bits per heavy atom. The molecule has 0 aliphatic heterocycles. The first-order chi connectivity index (χ1) is 6.69. The van der Waals surface area contributed by atoms with Crippen LogP contribution in [0.15, 0.2) is 18.2 Å². The molecule has 1 aromatic rings. The number of benzene rings is 1. The fourth-order valence-electron chi connectivity index (χ4n) is 1.08. The molecule has 0 radical (unpaired) electrons. The average Bonchev–Trinajstić information content (AvgIpc) is 2.18. The highest BCUT2D eigenvalue weighted by Gasteiger charge is 2.08. The molecule has 0 saturated heterocycles. The summed E-state index contributed by atoms with van der Waals surface area (Å²) in [7, 11) is 0. The molecule has 0 saturated carbocycles. The normalized spacial score (nSPS) is 12.6. The lowest BCUT2D eigenvalue weighted by molar-refractivity contribution is 0.216. The number of hydrogen-bond donors (Lipinski definition) is 0. The highest BCUT2D eigenvalue weighted by molar-refractivity contribution is 9.08. The van der Waals surface area contributed by atoms with E-state index in [9.17, 15) is 0 Å². The van der Waals surface area contributed by atoms with Gasteiger partial charge in [-0.25, -0.2) is 0 Å². The summed E-state index contributed by atoms with van der Waals surface area (Å²) < 4.78 is 5.75. The molecule has 14 heavy (non-hydrogen) atoms. The van der Waals surface area contributed by atoms with Crippen molar-refractivity contribution in [2.45, 2.75) is 31.7 Å². The molecular weight excluding hydrogens is 263 g/mol. The van der Waals surface area contributed by atoms with Crippen LogP contribution in [0.3, 0.4) is 0 Å². The first-order valence-electron chi connectivity index (χ1n) is 4.69. The third-order valence-corrected chi connectivity index (χ3v) is 3.03. The molecule has 3 heteroatoms. The van der Waals surface area contributed by atoms with Crippen LogP contribution in [0.1, 0.15) is 25.8 Å². The molecule has 0 aliphatic carbocycles. The summed E-state index contributed by atoms with van der Waals surface area (Å²) in [6, 6.07) is 5.74. The van der Waals surface area contributed by atoms with Gasteiger partial charge in [0.05, 0.1) is 6.10 Å². The first kappa shape index (κ1) is 11.9. The molecule has 0 bridgehead atoms. The zero-order valence-electron chi connectivity index (χ0n) is 8.39. The van der Waals surface area contributed by atoms with Gasteiger partial charge < -0.3 is 4.74 Å². The smallest absolute Gasteiger partial charge is 0.125 e. The third kappa shape index (κ3) is 2.89. The van der Waals surface area contributed by atoms with Crippen LogP contribution in [0.2, 0.25) is 5.02 Å². The standard InChI is InChI=1S/C11H14BrClO/c1-3-8(2)14-11-6-4-5-10(13)9(11)7-12/h4-6,8H,3,7H2,1-2H3. The van der Waals surface area contributed by atoms with Crippen LogP contribution in [0.25, 0.3) is 0 Å². The van der Waals surface area contributed by atoms with Gasteiger partial charge in [0.1, 0.15) is 5.75 Å². The number of ether oxygens (including phenoxy) is 1. The fourth-order valence-corrected chi connectivity index (χ4v) is 2.05. The number of alkyl halides is 1. The molecule has 1 unspecified atom stereocenters. The molecule has 1 aromatic carbocycles. The molecule has 0 aliphatic rings. The molecule has 0 fully saturated rings. The second-order valence-electron chi connectivity index (χ2n) is 3.19. The Balaban J connectivity index is 2.90. The highest BCUT2D eigenvalue weighted by Crippen LogP contribution is 2.29. The quantitative estimate of drug-likeness (QED) is 0.741. The van der Waals surface area contributed by atoms with Gasteiger partial charge in [-0.1, -0.05) is 40.5 Å². The summed E-state index contributed by atoms with van der Waals surface area (Å²) in [6.45, 7) is 4.15. The topological polar surface area (TPSA) is 9.23 Å². The second kappa shape index (κ2) is 5.62.